The number of hydrogen-bond donors (Lipinski definition) is 0. The monoisotopic (exact) mass is 519 g/mol. The van der Waals surface area contributed by atoms with Gasteiger partial charge in [0.1, 0.15) is 5.52 Å². The molecule has 1 amide bonds. The maximum Gasteiger partial charge on any atom is 0.254 e. The summed E-state index contributed by atoms with van der Waals surface area (Å²) >= 11 is 7.85. The molecule has 35 heavy (non-hydrogen) atoms. The van der Waals surface area contributed by atoms with Gasteiger partial charge in [0.2, 0.25) is 5.75 Å². The average Bonchev–Trinajstić information content (AvgIpc) is 3.30. The molecular formula is C25H30ClN3O5S. The Balaban J connectivity index is 1.51. The summed E-state index contributed by atoms with van der Waals surface area (Å²) in [4.78, 5) is 22.2. The lowest BCUT2D eigenvalue weighted by Gasteiger charge is -2.34. The summed E-state index contributed by atoms with van der Waals surface area (Å²) in [6.07, 6.45) is 0. The quantitative estimate of drug-likeness (QED) is 0.388. The van der Waals surface area contributed by atoms with E-state index in [0.717, 1.165) is 15.3 Å². The highest BCUT2D eigenvalue weighted by atomic mass is 35.5. The lowest BCUT2D eigenvalue weighted by molar-refractivity contribution is 0.0745. The number of thiazole rings is 1. The van der Waals surface area contributed by atoms with Gasteiger partial charge in [-0.3, -0.25) is 4.79 Å². The van der Waals surface area contributed by atoms with Gasteiger partial charge in [-0.15, -0.1) is 0 Å². The number of halogens is 1. The maximum atomic E-state index is 13.4. The molecule has 0 saturated carbocycles. The molecule has 2 aromatic carbocycles. The number of methoxy groups -OCH3 is 1. The second kappa shape index (κ2) is 11.2. The van der Waals surface area contributed by atoms with Crippen molar-refractivity contribution in [3.63, 3.8) is 0 Å². The van der Waals surface area contributed by atoms with E-state index < -0.39 is 0 Å². The number of amides is 1. The highest BCUT2D eigenvalue weighted by Crippen LogP contribution is 2.40. The first-order valence-corrected chi connectivity index (χ1v) is 12.9. The molecule has 1 aliphatic rings. The molecule has 0 unspecified atom stereocenters. The summed E-state index contributed by atoms with van der Waals surface area (Å²) in [5.74, 6) is 2.09. The van der Waals surface area contributed by atoms with E-state index >= 15 is 0 Å². The highest BCUT2D eigenvalue weighted by Gasteiger charge is 2.27. The summed E-state index contributed by atoms with van der Waals surface area (Å²) in [6.45, 7) is 9.59. The smallest absolute Gasteiger partial charge is 0.254 e. The lowest BCUT2D eigenvalue weighted by atomic mass is 10.1. The van der Waals surface area contributed by atoms with Crippen LogP contribution >= 0.6 is 22.9 Å². The van der Waals surface area contributed by atoms with Gasteiger partial charge in [-0.25, -0.2) is 4.98 Å². The second-order valence-electron chi connectivity index (χ2n) is 7.80. The molecule has 1 fully saturated rings. The number of anilines is 1. The summed E-state index contributed by atoms with van der Waals surface area (Å²) in [6, 6.07) is 7.27. The number of rotatable bonds is 9. The van der Waals surface area contributed by atoms with Crippen LogP contribution < -0.4 is 23.8 Å². The molecule has 3 aromatic rings. The number of benzene rings is 2. The van der Waals surface area contributed by atoms with Crippen molar-refractivity contribution in [1.29, 1.82) is 0 Å². The molecule has 1 aliphatic heterocycles. The third-order valence-corrected chi connectivity index (χ3v) is 7.03. The zero-order valence-corrected chi connectivity index (χ0v) is 22.0. The van der Waals surface area contributed by atoms with Gasteiger partial charge in [0, 0.05) is 31.7 Å². The number of ether oxygens (including phenoxy) is 4. The molecule has 0 N–H and O–H groups in total. The summed E-state index contributed by atoms with van der Waals surface area (Å²) < 4.78 is 23.8. The van der Waals surface area contributed by atoms with Crippen LogP contribution in [0.25, 0.3) is 10.2 Å². The Morgan fingerprint density at radius 1 is 0.971 bits per heavy atom. The highest BCUT2D eigenvalue weighted by molar-refractivity contribution is 7.22. The first-order valence-electron chi connectivity index (χ1n) is 11.7. The van der Waals surface area contributed by atoms with E-state index in [1.165, 1.54) is 0 Å². The molecule has 1 saturated heterocycles. The molecule has 0 atom stereocenters. The van der Waals surface area contributed by atoms with Crippen LogP contribution in [0.15, 0.2) is 24.3 Å². The van der Waals surface area contributed by atoms with Gasteiger partial charge in [-0.1, -0.05) is 22.9 Å². The van der Waals surface area contributed by atoms with Crippen LogP contribution in [-0.4, -0.2) is 68.9 Å². The van der Waals surface area contributed by atoms with Crippen molar-refractivity contribution in [2.24, 2.45) is 0 Å². The number of aromatic nitrogens is 1. The SMILES string of the molecule is CCOc1cc(C(=O)N2CCN(c3nc4c(OC)c(Cl)ccc4s3)CC2)cc(OCC)c1OCC. The van der Waals surface area contributed by atoms with Gasteiger partial charge >= 0.3 is 0 Å². The van der Waals surface area contributed by atoms with Crippen LogP contribution in [0.5, 0.6) is 23.0 Å². The van der Waals surface area contributed by atoms with Crippen molar-refractivity contribution in [2.45, 2.75) is 20.8 Å². The fourth-order valence-electron chi connectivity index (χ4n) is 4.06. The van der Waals surface area contributed by atoms with Crippen LogP contribution in [0.4, 0.5) is 5.13 Å². The first kappa shape index (κ1) is 25.2. The molecule has 4 rings (SSSR count). The number of piperazine rings is 1. The largest absolute Gasteiger partial charge is 0.493 e. The minimum absolute atomic E-state index is 0.0626. The third kappa shape index (κ3) is 5.21. The first-order chi connectivity index (χ1) is 17.0. The molecule has 10 heteroatoms. The number of carbonyl (C=O) groups is 1. The predicted octanol–water partition coefficient (Wildman–Crippen LogP) is 5.12. The lowest BCUT2D eigenvalue weighted by Crippen LogP contribution is -2.48. The van der Waals surface area contributed by atoms with E-state index in [9.17, 15) is 4.79 Å². The summed E-state index contributed by atoms with van der Waals surface area (Å²) in [5, 5.41) is 1.44. The Hall–Kier alpha value is -2.91. The van der Waals surface area contributed by atoms with Gasteiger partial charge in [0.25, 0.3) is 5.91 Å². The van der Waals surface area contributed by atoms with Crippen LogP contribution in [0.1, 0.15) is 31.1 Å². The standard InChI is InChI=1S/C25H30ClN3O5S/c1-5-32-18-14-16(15-19(33-6-2)23(18)34-7-3)24(30)28-10-12-29(13-11-28)25-27-21-20(35-25)9-8-17(26)22(21)31-4/h8-9,14-15H,5-7,10-13H2,1-4H3. The van der Waals surface area contributed by atoms with Crippen molar-refractivity contribution in [3.05, 3.63) is 34.9 Å². The zero-order valence-electron chi connectivity index (χ0n) is 20.4. The van der Waals surface area contributed by atoms with Crippen molar-refractivity contribution >= 4 is 44.2 Å². The van der Waals surface area contributed by atoms with Crippen molar-refractivity contribution < 1.29 is 23.7 Å². The van der Waals surface area contributed by atoms with Crippen molar-refractivity contribution in [1.82, 2.24) is 9.88 Å². The molecule has 2 heterocycles. The van der Waals surface area contributed by atoms with Gasteiger partial charge in [-0.2, -0.15) is 0 Å². The molecule has 0 aliphatic carbocycles. The molecule has 0 bridgehead atoms. The summed E-state index contributed by atoms with van der Waals surface area (Å²) in [5.41, 5.74) is 1.29. The Morgan fingerprint density at radius 2 is 1.60 bits per heavy atom. The van der Waals surface area contributed by atoms with Gasteiger partial charge in [0.05, 0.1) is 36.7 Å². The molecule has 8 nitrogen and oxygen atoms in total. The minimum Gasteiger partial charge on any atom is -0.493 e. The topological polar surface area (TPSA) is 73.4 Å². The fourth-order valence-corrected chi connectivity index (χ4v) is 5.30. The van der Waals surface area contributed by atoms with E-state index in [1.54, 1.807) is 30.6 Å². The van der Waals surface area contributed by atoms with E-state index in [1.807, 2.05) is 37.8 Å². The van der Waals surface area contributed by atoms with Crippen LogP contribution in [-0.2, 0) is 0 Å². The predicted molar refractivity (Wildman–Crippen MR) is 139 cm³/mol. The van der Waals surface area contributed by atoms with Gasteiger partial charge in [0.15, 0.2) is 22.4 Å². The van der Waals surface area contributed by atoms with Crippen molar-refractivity contribution in [2.75, 3.05) is 58.0 Å². The maximum absolute atomic E-state index is 13.4. The Labute approximate surface area is 214 Å². The number of nitrogens with zero attached hydrogens (tertiary/aromatic N) is 3. The molecule has 188 valence electrons. The fraction of sp³-hybridized carbons (Fsp3) is 0.440. The summed E-state index contributed by atoms with van der Waals surface area (Å²) in [7, 11) is 1.60. The number of carbonyl (C=O) groups excluding carboxylic acids is 1. The number of fused-ring (bicyclic) bond motifs is 1. The van der Waals surface area contributed by atoms with Gasteiger partial charge in [-0.05, 0) is 45.0 Å². The Bertz CT molecular complexity index is 1170. The van der Waals surface area contributed by atoms with E-state index in [0.29, 0.717) is 79.6 Å². The Morgan fingerprint density at radius 3 is 2.17 bits per heavy atom. The third-order valence-electron chi connectivity index (χ3n) is 5.65. The average molecular weight is 520 g/mol. The van der Waals surface area contributed by atoms with Crippen LogP contribution in [0.2, 0.25) is 5.02 Å². The van der Waals surface area contributed by atoms with Gasteiger partial charge < -0.3 is 28.7 Å². The Kier molecular flexibility index (Phi) is 8.07. The minimum atomic E-state index is -0.0626. The van der Waals surface area contributed by atoms with E-state index in [4.69, 9.17) is 35.5 Å². The van der Waals surface area contributed by atoms with Crippen LogP contribution in [0.3, 0.4) is 0 Å². The molecular weight excluding hydrogens is 490 g/mol. The molecule has 1 aromatic heterocycles. The van der Waals surface area contributed by atoms with E-state index in [2.05, 4.69) is 4.90 Å². The van der Waals surface area contributed by atoms with E-state index in [-0.39, 0.29) is 5.91 Å². The molecule has 0 radical (unpaired) electrons. The molecule has 0 spiro atoms. The van der Waals surface area contributed by atoms with Crippen LogP contribution in [0, 0.1) is 0 Å². The normalized spacial score (nSPS) is 13.7. The van der Waals surface area contributed by atoms with Crippen molar-refractivity contribution in [3.8, 4) is 23.0 Å². The number of hydrogen-bond acceptors (Lipinski definition) is 8. The second-order valence-corrected chi connectivity index (χ2v) is 9.22. The zero-order chi connectivity index (χ0) is 24.9.